The van der Waals surface area contributed by atoms with Crippen LogP contribution in [0.3, 0.4) is 0 Å². The predicted octanol–water partition coefficient (Wildman–Crippen LogP) is 4.21. The molecule has 4 N–H and O–H groups in total. The van der Waals surface area contributed by atoms with Crippen LogP contribution in [0.1, 0.15) is 22.7 Å². The number of thiophene rings is 1. The number of fused-ring (bicyclic) bond motifs is 3. The topological polar surface area (TPSA) is 92.9 Å². The van der Waals surface area contributed by atoms with Crippen molar-refractivity contribution in [1.82, 2.24) is 15.3 Å². The fourth-order valence-electron chi connectivity index (χ4n) is 3.28. The minimum atomic E-state index is -0.522. The number of nitrogens with one attached hydrogen (secondary N) is 2. The molecule has 2 amide bonds. The van der Waals surface area contributed by atoms with Crippen LogP contribution in [0.2, 0.25) is 5.02 Å². The Morgan fingerprint density at radius 2 is 2.04 bits per heavy atom. The van der Waals surface area contributed by atoms with Gasteiger partial charge in [0.25, 0.3) is 0 Å². The van der Waals surface area contributed by atoms with E-state index in [1.807, 2.05) is 24.3 Å². The van der Waals surface area contributed by atoms with Gasteiger partial charge in [-0.2, -0.15) is 0 Å². The van der Waals surface area contributed by atoms with E-state index in [-0.39, 0.29) is 0 Å². The third-order valence-corrected chi connectivity index (χ3v) is 6.95. The van der Waals surface area contributed by atoms with Crippen LogP contribution in [0.5, 0.6) is 0 Å². The van der Waals surface area contributed by atoms with Gasteiger partial charge in [0.1, 0.15) is 16.5 Å². The fraction of sp³-hybridized carbons (Fsp3) is 0.316. The first-order valence-electron chi connectivity index (χ1n) is 9.07. The first-order valence-corrected chi connectivity index (χ1v) is 11.2. The van der Waals surface area contributed by atoms with Gasteiger partial charge in [-0.05, 0) is 49.1 Å². The lowest BCUT2D eigenvalue weighted by molar-refractivity contribution is 0.249. The Hall–Kier alpha value is -2.03. The van der Waals surface area contributed by atoms with Gasteiger partial charge in [-0.1, -0.05) is 11.6 Å². The molecule has 0 unspecified atom stereocenters. The van der Waals surface area contributed by atoms with Crippen LogP contribution in [0.15, 0.2) is 29.2 Å². The number of aromatic nitrogens is 2. The Bertz CT molecular complexity index is 1010. The molecule has 28 heavy (non-hydrogen) atoms. The Labute approximate surface area is 176 Å². The largest absolute Gasteiger partial charge is 0.368 e. The number of aryl methyl sites for hydroxylation is 2. The molecule has 3 aromatic rings. The summed E-state index contributed by atoms with van der Waals surface area (Å²) in [6.07, 6.45) is 3.38. The van der Waals surface area contributed by atoms with E-state index in [9.17, 15) is 4.79 Å². The summed E-state index contributed by atoms with van der Waals surface area (Å²) in [7, 11) is 0. The molecule has 2 aromatic heterocycles. The summed E-state index contributed by atoms with van der Waals surface area (Å²) in [5.41, 5.74) is 6.51. The smallest absolute Gasteiger partial charge is 0.312 e. The van der Waals surface area contributed by atoms with Gasteiger partial charge in [0.15, 0.2) is 0 Å². The standard InChI is InChI=1S/C19H20ClN5OS2/c20-11-4-6-12(7-5-11)27-10-15-24-17(22-8-9-23-19(21)26)16-13-2-1-3-14(13)28-18(16)25-15/h4-7H,1-3,8-10H2,(H3,21,23,26)(H,22,24,25). The number of rotatable bonds is 7. The molecule has 1 aliphatic rings. The zero-order chi connectivity index (χ0) is 19.5. The number of nitrogens with zero attached hydrogens (tertiary/aromatic N) is 2. The number of primary amides is 1. The number of halogens is 1. The monoisotopic (exact) mass is 433 g/mol. The van der Waals surface area contributed by atoms with Crippen molar-refractivity contribution in [1.29, 1.82) is 0 Å². The second kappa shape index (κ2) is 8.55. The van der Waals surface area contributed by atoms with E-state index < -0.39 is 6.03 Å². The van der Waals surface area contributed by atoms with E-state index in [0.29, 0.717) is 18.8 Å². The average Bonchev–Trinajstić information content (AvgIpc) is 3.25. The minimum Gasteiger partial charge on any atom is -0.368 e. The van der Waals surface area contributed by atoms with Crippen LogP contribution in [0.25, 0.3) is 10.2 Å². The molecule has 0 saturated heterocycles. The molecule has 0 fully saturated rings. The number of amides is 2. The Kier molecular flexibility index (Phi) is 5.89. The number of hydrogen-bond donors (Lipinski definition) is 3. The molecule has 1 aliphatic carbocycles. The van der Waals surface area contributed by atoms with Crippen LogP contribution in [0, 0.1) is 0 Å². The van der Waals surface area contributed by atoms with Crippen LogP contribution in [-0.4, -0.2) is 29.1 Å². The van der Waals surface area contributed by atoms with E-state index in [1.54, 1.807) is 23.1 Å². The van der Waals surface area contributed by atoms with Crippen LogP contribution >= 0.6 is 34.7 Å². The number of benzene rings is 1. The van der Waals surface area contributed by atoms with Crippen LogP contribution in [-0.2, 0) is 18.6 Å². The van der Waals surface area contributed by atoms with Crippen molar-refractivity contribution < 1.29 is 4.79 Å². The number of carbonyl (C=O) groups excluding carboxylic acids is 1. The summed E-state index contributed by atoms with van der Waals surface area (Å²) in [5.74, 6) is 2.31. The summed E-state index contributed by atoms with van der Waals surface area (Å²) in [5, 5.41) is 7.82. The van der Waals surface area contributed by atoms with Gasteiger partial charge in [-0.3, -0.25) is 0 Å². The molecule has 0 radical (unpaired) electrons. The second-order valence-electron chi connectivity index (χ2n) is 6.49. The highest BCUT2D eigenvalue weighted by atomic mass is 35.5. The van der Waals surface area contributed by atoms with Gasteiger partial charge < -0.3 is 16.4 Å². The van der Waals surface area contributed by atoms with E-state index in [0.717, 1.165) is 44.6 Å². The minimum absolute atomic E-state index is 0.446. The van der Waals surface area contributed by atoms with Crippen molar-refractivity contribution in [2.75, 3.05) is 18.4 Å². The Morgan fingerprint density at radius 3 is 2.82 bits per heavy atom. The maximum atomic E-state index is 10.9. The van der Waals surface area contributed by atoms with E-state index >= 15 is 0 Å². The SMILES string of the molecule is NC(=O)NCCNc1nc(CSc2ccc(Cl)cc2)nc2sc3c(c12)CCC3. The second-order valence-corrected chi connectivity index (χ2v) is 9.06. The Morgan fingerprint density at radius 1 is 1.21 bits per heavy atom. The van der Waals surface area contributed by atoms with Gasteiger partial charge >= 0.3 is 6.03 Å². The highest BCUT2D eigenvalue weighted by molar-refractivity contribution is 7.98. The van der Waals surface area contributed by atoms with Gasteiger partial charge in [0.2, 0.25) is 0 Å². The van der Waals surface area contributed by atoms with Gasteiger partial charge in [-0.15, -0.1) is 23.1 Å². The number of thioether (sulfide) groups is 1. The predicted molar refractivity (Wildman–Crippen MR) is 117 cm³/mol. The molecule has 6 nitrogen and oxygen atoms in total. The molecular formula is C19H20ClN5OS2. The molecule has 4 rings (SSSR count). The molecule has 0 spiro atoms. The summed E-state index contributed by atoms with van der Waals surface area (Å²) in [6.45, 7) is 1.01. The van der Waals surface area contributed by atoms with Crippen molar-refractivity contribution in [3.05, 3.63) is 45.6 Å². The zero-order valence-electron chi connectivity index (χ0n) is 15.1. The molecule has 1 aromatic carbocycles. The lowest BCUT2D eigenvalue weighted by Crippen LogP contribution is -2.33. The highest BCUT2D eigenvalue weighted by Gasteiger charge is 2.22. The molecular weight excluding hydrogens is 414 g/mol. The lowest BCUT2D eigenvalue weighted by Gasteiger charge is -2.10. The third-order valence-electron chi connectivity index (χ3n) is 4.51. The Balaban J connectivity index is 1.56. The van der Waals surface area contributed by atoms with Crippen molar-refractivity contribution in [3.8, 4) is 0 Å². The number of urea groups is 1. The van der Waals surface area contributed by atoms with Gasteiger partial charge in [0.05, 0.1) is 11.1 Å². The molecule has 2 heterocycles. The normalized spacial score (nSPS) is 12.9. The van der Waals surface area contributed by atoms with Crippen molar-refractivity contribution in [2.24, 2.45) is 5.73 Å². The number of nitrogens with two attached hydrogens (primary N) is 1. The van der Waals surface area contributed by atoms with Crippen molar-refractivity contribution >= 4 is 56.8 Å². The third kappa shape index (κ3) is 4.34. The van der Waals surface area contributed by atoms with Crippen LogP contribution < -0.4 is 16.4 Å². The zero-order valence-corrected chi connectivity index (χ0v) is 17.5. The molecule has 0 aliphatic heterocycles. The first kappa shape index (κ1) is 19.3. The summed E-state index contributed by atoms with van der Waals surface area (Å²) in [6, 6.07) is 7.25. The average molecular weight is 434 g/mol. The van der Waals surface area contributed by atoms with E-state index in [2.05, 4.69) is 10.6 Å². The van der Waals surface area contributed by atoms with E-state index in [4.69, 9.17) is 27.3 Å². The van der Waals surface area contributed by atoms with E-state index in [1.165, 1.54) is 16.9 Å². The summed E-state index contributed by atoms with van der Waals surface area (Å²) in [4.78, 5) is 24.1. The summed E-state index contributed by atoms with van der Waals surface area (Å²) >= 11 is 9.41. The fourth-order valence-corrected chi connectivity index (χ4v) is 5.44. The molecule has 9 heteroatoms. The molecule has 0 bridgehead atoms. The maximum Gasteiger partial charge on any atom is 0.312 e. The van der Waals surface area contributed by atoms with Crippen molar-refractivity contribution in [3.63, 3.8) is 0 Å². The molecule has 0 atom stereocenters. The summed E-state index contributed by atoms with van der Waals surface area (Å²) < 4.78 is 0. The van der Waals surface area contributed by atoms with Gasteiger partial charge in [0, 0.05) is 27.9 Å². The first-order chi connectivity index (χ1) is 13.6. The maximum absolute atomic E-state index is 10.9. The number of hydrogen-bond acceptors (Lipinski definition) is 6. The highest BCUT2D eigenvalue weighted by Crippen LogP contribution is 2.39. The number of anilines is 1. The number of carbonyl (C=O) groups is 1. The lowest BCUT2D eigenvalue weighted by atomic mass is 10.2. The molecule has 0 saturated carbocycles. The van der Waals surface area contributed by atoms with Crippen LogP contribution in [0.4, 0.5) is 10.6 Å². The van der Waals surface area contributed by atoms with Gasteiger partial charge in [-0.25, -0.2) is 14.8 Å². The molecule has 146 valence electrons. The van der Waals surface area contributed by atoms with Crippen molar-refractivity contribution in [2.45, 2.75) is 29.9 Å². The quantitative estimate of drug-likeness (QED) is 0.383.